The van der Waals surface area contributed by atoms with Gasteiger partial charge in [-0.05, 0) is 41.8 Å². The van der Waals surface area contributed by atoms with Crippen LogP contribution in [0.3, 0.4) is 0 Å². The van der Waals surface area contributed by atoms with E-state index in [0.717, 1.165) is 42.9 Å². The number of ether oxygens (including phenoxy) is 1. The summed E-state index contributed by atoms with van der Waals surface area (Å²) in [6.45, 7) is 3.24. The molecular formula is C26H25FN4O. The molecule has 0 amide bonds. The van der Waals surface area contributed by atoms with Crippen molar-refractivity contribution in [1.29, 1.82) is 0 Å². The fraction of sp³-hybridized carbons (Fsp3) is 0.231. The monoisotopic (exact) mass is 428 g/mol. The molecule has 0 bridgehead atoms. The topological polar surface area (TPSA) is 43.2 Å². The maximum absolute atomic E-state index is 13.5. The lowest BCUT2D eigenvalue weighted by Crippen LogP contribution is -2.21. The van der Waals surface area contributed by atoms with Gasteiger partial charge in [0.15, 0.2) is 0 Å². The zero-order chi connectivity index (χ0) is 21.8. The summed E-state index contributed by atoms with van der Waals surface area (Å²) in [7, 11) is 0. The normalized spacial score (nSPS) is 16.3. The molecule has 1 fully saturated rings. The molecule has 6 heteroatoms. The van der Waals surface area contributed by atoms with Crippen molar-refractivity contribution in [3.05, 3.63) is 102 Å². The molecule has 3 aromatic carbocycles. The van der Waals surface area contributed by atoms with E-state index in [2.05, 4.69) is 39.5 Å². The average Bonchev–Trinajstić information content (AvgIpc) is 3.49. The molecule has 1 unspecified atom stereocenters. The van der Waals surface area contributed by atoms with E-state index in [9.17, 15) is 4.39 Å². The van der Waals surface area contributed by atoms with E-state index in [1.54, 1.807) is 6.07 Å². The fourth-order valence-electron chi connectivity index (χ4n) is 4.18. The highest BCUT2D eigenvalue weighted by Gasteiger charge is 2.25. The smallest absolute Gasteiger partial charge is 0.129 e. The van der Waals surface area contributed by atoms with Crippen LogP contribution in [0.2, 0.25) is 0 Å². The number of nitrogens with zero attached hydrogens (tertiary/aromatic N) is 4. The van der Waals surface area contributed by atoms with Crippen LogP contribution in [0.25, 0.3) is 11.3 Å². The Morgan fingerprint density at radius 3 is 2.62 bits per heavy atom. The highest BCUT2D eigenvalue weighted by molar-refractivity contribution is 5.66. The van der Waals surface area contributed by atoms with Crippen molar-refractivity contribution in [2.45, 2.75) is 25.6 Å². The van der Waals surface area contributed by atoms with Gasteiger partial charge in [0.05, 0.1) is 12.2 Å². The Bertz CT molecular complexity index is 1180. The second-order valence-corrected chi connectivity index (χ2v) is 8.16. The summed E-state index contributed by atoms with van der Waals surface area (Å²) in [6, 6.07) is 25.1. The third-order valence-corrected chi connectivity index (χ3v) is 5.83. The van der Waals surface area contributed by atoms with Crippen molar-refractivity contribution in [3.63, 3.8) is 0 Å². The third-order valence-electron chi connectivity index (χ3n) is 5.83. The summed E-state index contributed by atoms with van der Waals surface area (Å²) >= 11 is 0. The van der Waals surface area contributed by atoms with Crippen LogP contribution in [0.5, 0.6) is 5.75 Å². The predicted octanol–water partition coefficient (Wildman–Crippen LogP) is 5.11. The fourth-order valence-corrected chi connectivity index (χ4v) is 4.18. The molecule has 1 atom stereocenters. The van der Waals surface area contributed by atoms with Gasteiger partial charge in [-0.25, -0.2) is 9.07 Å². The SMILES string of the molecule is Fc1cccc(COc2ccccc2-c2cn(C3CCN(Cc4ccccc4)C3)nn2)c1. The number of aromatic nitrogens is 3. The zero-order valence-corrected chi connectivity index (χ0v) is 17.8. The first-order chi connectivity index (χ1) is 15.7. The quantitative estimate of drug-likeness (QED) is 0.410. The van der Waals surface area contributed by atoms with Crippen molar-refractivity contribution in [2.24, 2.45) is 0 Å². The molecule has 0 saturated carbocycles. The molecule has 1 saturated heterocycles. The first-order valence-corrected chi connectivity index (χ1v) is 10.9. The number of benzene rings is 3. The van der Waals surface area contributed by atoms with E-state index in [0.29, 0.717) is 18.4 Å². The second kappa shape index (κ2) is 9.32. The molecule has 32 heavy (non-hydrogen) atoms. The van der Waals surface area contributed by atoms with Crippen molar-refractivity contribution in [2.75, 3.05) is 13.1 Å². The van der Waals surface area contributed by atoms with E-state index < -0.39 is 0 Å². The van der Waals surface area contributed by atoms with Crippen LogP contribution < -0.4 is 4.74 Å². The largest absolute Gasteiger partial charge is 0.488 e. The first-order valence-electron chi connectivity index (χ1n) is 10.9. The van der Waals surface area contributed by atoms with Crippen LogP contribution in [-0.4, -0.2) is 33.0 Å². The van der Waals surface area contributed by atoms with E-state index in [4.69, 9.17) is 4.74 Å². The van der Waals surface area contributed by atoms with Gasteiger partial charge in [0, 0.05) is 25.2 Å². The Morgan fingerprint density at radius 2 is 1.75 bits per heavy atom. The van der Waals surface area contributed by atoms with E-state index >= 15 is 0 Å². The maximum atomic E-state index is 13.5. The van der Waals surface area contributed by atoms with Crippen molar-refractivity contribution in [1.82, 2.24) is 19.9 Å². The number of likely N-dealkylation sites (tertiary alicyclic amines) is 1. The van der Waals surface area contributed by atoms with Gasteiger partial charge in [-0.1, -0.05) is 59.8 Å². The minimum absolute atomic E-state index is 0.264. The summed E-state index contributed by atoms with van der Waals surface area (Å²) in [5.41, 5.74) is 3.78. The molecular weight excluding hydrogens is 403 g/mol. The van der Waals surface area contributed by atoms with E-state index in [1.165, 1.54) is 17.7 Å². The van der Waals surface area contributed by atoms with Crippen molar-refractivity contribution in [3.8, 4) is 17.0 Å². The molecule has 2 heterocycles. The molecule has 0 N–H and O–H groups in total. The van der Waals surface area contributed by atoms with Crippen LogP contribution in [0.1, 0.15) is 23.6 Å². The molecule has 1 aliphatic heterocycles. The lowest BCUT2D eigenvalue weighted by atomic mass is 10.1. The van der Waals surface area contributed by atoms with Gasteiger partial charge in [0.25, 0.3) is 0 Å². The minimum atomic E-state index is -0.264. The summed E-state index contributed by atoms with van der Waals surface area (Å²) in [5.74, 6) is 0.445. The van der Waals surface area contributed by atoms with Crippen LogP contribution >= 0.6 is 0 Å². The Labute approximate surface area is 187 Å². The molecule has 5 rings (SSSR count). The highest BCUT2D eigenvalue weighted by Crippen LogP contribution is 2.30. The maximum Gasteiger partial charge on any atom is 0.129 e. The van der Waals surface area contributed by atoms with Crippen LogP contribution in [0.15, 0.2) is 85.1 Å². The molecule has 1 aromatic heterocycles. The summed E-state index contributed by atoms with van der Waals surface area (Å²) in [6.07, 6.45) is 3.05. The van der Waals surface area contributed by atoms with Gasteiger partial charge in [-0.2, -0.15) is 0 Å². The Hall–Kier alpha value is -3.51. The van der Waals surface area contributed by atoms with Crippen LogP contribution in [0.4, 0.5) is 4.39 Å². The van der Waals surface area contributed by atoms with Gasteiger partial charge < -0.3 is 4.74 Å². The summed E-state index contributed by atoms with van der Waals surface area (Å²) < 4.78 is 21.4. The summed E-state index contributed by atoms with van der Waals surface area (Å²) in [4.78, 5) is 2.46. The molecule has 0 aliphatic carbocycles. The molecule has 1 aliphatic rings. The average molecular weight is 429 g/mol. The zero-order valence-electron chi connectivity index (χ0n) is 17.8. The van der Waals surface area contributed by atoms with Crippen LogP contribution in [0, 0.1) is 5.82 Å². The van der Waals surface area contributed by atoms with Crippen molar-refractivity contribution >= 4 is 0 Å². The van der Waals surface area contributed by atoms with Gasteiger partial charge in [0.2, 0.25) is 0 Å². The number of halogens is 1. The first kappa shape index (κ1) is 20.4. The standard InChI is InChI=1S/C26H25FN4O/c27-22-10-6-9-21(15-22)19-32-26-12-5-4-11-24(26)25-18-31(29-28-25)23-13-14-30(17-23)16-20-7-2-1-3-8-20/h1-12,15,18,23H,13-14,16-17,19H2. The molecule has 0 spiro atoms. The lowest BCUT2D eigenvalue weighted by Gasteiger charge is -2.15. The molecule has 0 radical (unpaired) electrons. The molecule has 4 aromatic rings. The van der Waals surface area contributed by atoms with Gasteiger partial charge in [-0.3, -0.25) is 4.90 Å². The second-order valence-electron chi connectivity index (χ2n) is 8.16. The highest BCUT2D eigenvalue weighted by atomic mass is 19.1. The number of rotatable bonds is 7. The van der Waals surface area contributed by atoms with E-state index in [1.807, 2.05) is 47.3 Å². The molecule has 5 nitrogen and oxygen atoms in total. The number of hydrogen-bond acceptors (Lipinski definition) is 4. The predicted molar refractivity (Wildman–Crippen MR) is 122 cm³/mol. The Kier molecular flexibility index (Phi) is 5.94. The van der Waals surface area contributed by atoms with E-state index in [-0.39, 0.29) is 5.82 Å². The number of hydrogen-bond donors (Lipinski definition) is 0. The minimum Gasteiger partial charge on any atom is -0.488 e. The number of para-hydroxylation sites is 1. The third kappa shape index (κ3) is 4.70. The van der Waals surface area contributed by atoms with Crippen molar-refractivity contribution < 1.29 is 9.13 Å². The van der Waals surface area contributed by atoms with Gasteiger partial charge >= 0.3 is 0 Å². The van der Waals surface area contributed by atoms with Gasteiger partial charge in [-0.15, -0.1) is 5.10 Å². The Morgan fingerprint density at radius 1 is 0.938 bits per heavy atom. The van der Waals surface area contributed by atoms with Gasteiger partial charge in [0.1, 0.15) is 23.9 Å². The van der Waals surface area contributed by atoms with Crippen LogP contribution in [-0.2, 0) is 13.2 Å². The Balaban J connectivity index is 1.27. The molecule has 162 valence electrons. The summed E-state index contributed by atoms with van der Waals surface area (Å²) in [5, 5.41) is 8.85. The lowest BCUT2D eigenvalue weighted by molar-refractivity contribution is 0.307.